The first kappa shape index (κ1) is 16.6. The zero-order chi connectivity index (χ0) is 17.1. The van der Waals surface area contributed by atoms with Crippen LogP contribution < -0.4 is 4.74 Å². The summed E-state index contributed by atoms with van der Waals surface area (Å²) in [5, 5.41) is 11.0. The van der Waals surface area contributed by atoms with Crippen LogP contribution in [0.5, 0.6) is 5.88 Å². The van der Waals surface area contributed by atoms with Gasteiger partial charge in [-0.1, -0.05) is 0 Å². The van der Waals surface area contributed by atoms with Crippen LogP contribution in [0.4, 0.5) is 0 Å². The number of rotatable bonds is 5. The van der Waals surface area contributed by atoms with Crippen molar-refractivity contribution in [1.29, 1.82) is 0 Å². The lowest BCUT2D eigenvalue weighted by Crippen LogP contribution is -2.30. The predicted octanol–water partition coefficient (Wildman–Crippen LogP) is 3.35. The van der Waals surface area contributed by atoms with Crippen LogP contribution in [0.1, 0.15) is 41.7 Å². The van der Waals surface area contributed by atoms with E-state index in [2.05, 4.69) is 9.97 Å². The summed E-state index contributed by atoms with van der Waals surface area (Å²) in [6.45, 7) is 1.80. The molecule has 2 atom stereocenters. The standard InChI is InChI=1S/C17H18N2O4S/c1-10-16(23-13-4-2-3-11(7-13)17(21)22)18-8-14(19-10)15-12(9-20)5-6-24-15/h5-6,8-9,11,13H,2-4,7H2,1H3,(H,21,22)/t11-,13-/m0/s1. The van der Waals surface area contributed by atoms with Crippen LogP contribution >= 0.6 is 11.3 Å². The van der Waals surface area contributed by atoms with Gasteiger partial charge in [-0.05, 0) is 44.1 Å². The Bertz CT molecular complexity index is 759. The third-order valence-corrected chi connectivity index (χ3v) is 5.16. The molecule has 0 aromatic carbocycles. The first-order valence-electron chi connectivity index (χ1n) is 7.84. The smallest absolute Gasteiger partial charge is 0.306 e. The minimum Gasteiger partial charge on any atom is -0.481 e. The van der Waals surface area contributed by atoms with Crippen molar-refractivity contribution in [1.82, 2.24) is 9.97 Å². The molecule has 1 aliphatic carbocycles. The number of aromatic nitrogens is 2. The number of carbonyl (C=O) groups excluding carboxylic acids is 1. The SMILES string of the molecule is Cc1nc(-c2sccc2C=O)cnc1O[C@H]1CCC[C@H](C(=O)O)C1. The van der Waals surface area contributed by atoms with Crippen molar-refractivity contribution in [2.45, 2.75) is 38.7 Å². The average Bonchev–Trinajstić information content (AvgIpc) is 3.05. The Hall–Kier alpha value is -2.28. The number of nitrogens with zero attached hydrogens (tertiary/aromatic N) is 2. The van der Waals surface area contributed by atoms with Crippen LogP contribution in [0.2, 0.25) is 0 Å². The molecule has 0 spiro atoms. The molecular formula is C17H18N2O4S. The summed E-state index contributed by atoms with van der Waals surface area (Å²) < 4.78 is 5.89. The van der Waals surface area contributed by atoms with Crippen LogP contribution in [0.3, 0.4) is 0 Å². The van der Waals surface area contributed by atoms with Crippen LogP contribution in [0, 0.1) is 12.8 Å². The molecule has 1 N–H and O–H groups in total. The van der Waals surface area contributed by atoms with Gasteiger partial charge in [-0.3, -0.25) is 9.59 Å². The molecular weight excluding hydrogens is 328 g/mol. The first-order chi connectivity index (χ1) is 11.6. The molecule has 0 bridgehead atoms. The number of thiophene rings is 1. The van der Waals surface area contributed by atoms with E-state index in [1.165, 1.54) is 11.3 Å². The largest absolute Gasteiger partial charge is 0.481 e. The topological polar surface area (TPSA) is 89.4 Å². The van der Waals surface area contributed by atoms with Crippen molar-refractivity contribution in [3.8, 4) is 16.5 Å². The molecule has 0 saturated heterocycles. The number of carboxylic acids is 1. The monoisotopic (exact) mass is 346 g/mol. The lowest BCUT2D eigenvalue weighted by atomic mass is 9.87. The highest BCUT2D eigenvalue weighted by Crippen LogP contribution is 2.30. The molecule has 6 nitrogen and oxygen atoms in total. The Kier molecular flexibility index (Phi) is 4.89. The molecule has 0 radical (unpaired) electrons. The van der Waals surface area contributed by atoms with Crippen molar-refractivity contribution < 1.29 is 19.4 Å². The number of hydrogen-bond acceptors (Lipinski definition) is 6. The van der Waals surface area contributed by atoms with Gasteiger partial charge in [0.25, 0.3) is 0 Å². The molecule has 1 fully saturated rings. The lowest BCUT2D eigenvalue weighted by Gasteiger charge is -2.27. The molecule has 24 heavy (non-hydrogen) atoms. The number of carboxylic acid groups (broad SMARTS) is 1. The third-order valence-electron chi connectivity index (χ3n) is 4.21. The minimum atomic E-state index is -0.763. The van der Waals surface area contributed by atoms with Crippen LogP contribution in [0.15, 0.2) is 17.6 Å². The van der Waals surface area contributed by atoms with Gasteiger partial charge in [-0.2, -0.15) is 0 Å². The highest BCUT2D eigenvalue weighted by molar-refractivity contribution is 7.13. The van der Waals surface area contributed by atoms with Crippen molar-refractivity contribution >= 4 is 23.6 Å². The van der Waals surface area contributed by atoms with Crippen molar-refractivity contribution in [3.63, 3.8) is 0 Å². The van der Waals surface area contributed by atoms with Gasteiger partial charge in [-0.25, -0.2) is 9.97 Å². The normalized spacial score (nSPS) is 20.5. The van der Waals surface area contributed by atoms with E-state index in [0.29, 0.717) is 35.7 Å². The van der Waals surface area contributed by atoms with Crippen LogP contribution in [-0.4, -0.2) is 33.4 Å². The van der Waals surface area contributed by atoms with Gasteiger partial charge >= 0.3 is 5.97 Å². The van der Waals surface area contributed by atoms with E-state index >= 15 is 0 Å². The van der Waals surface area contributed by atoms with E-state index in [1.807, 2.05) is 5.38 Å². The number of carbonyl (C=O) groups is 2. The highest BCUT2D eigenvalue weighted by atomic mass is 32.1. The van der Waals surface area contributed by atoms with Crippen molar-refractivity contribution in [3.05, 3.63) is 28.9 Å². The molecule has 126 valence electrons. The second kappa shape index (κ2) is 7.09. The molecule has 3 rings (SSSR count). The average molecular weight is 346 g/mol. The van der Waals surface area contributed by atoms with Crippen molar-refractivity contribution in [2.75, 3.05) is 0 Å². The maximum atomic E-state index is 11.1. The Morgan fingerprint density at radius 1 is 1.46 bits per heavy atom. The second-order valence-electron chi connectivity index (χ2n) is 5.91. The van der Waals surface area contributed by atoms with E-state index in [-0.39, 0.29) is 12.0 Å². The predicted molar refractivity (Wildman–Crippen MR) is 89.5 cm³/mol. The van der Waals surface area contributed by atoms with Crippen molar-refractivity contribution in [2.24, 2.45) is 5.92 Å². The van der Waals surface area contributed by atoms with Gasteiger partial charge in [-0.15, -0.1) is 11.3 Å². The summed E-state index contributed by atoms with van der Waals surface area (Å²) in [4.78, 5) is 31.8. The van der Waals surface area contributed by atoms with E-state index in [1.54, 1.807) is 19.2 Å². The molecule has 2 heterocycles. The molecule has 2 aromatic heterocycles. The first-order valence-corrected chi connectivity index (χ1v) is 8.72. The summed E-state index contributed by atoms with van der Waals surface area (Å²) in [7, 11) is 0. The Morgan fingerprint density at radius 3 is 3.00 bits per heavy atom. The second-order valence-corrected chi connectivity index (χ2v) is 6.83. The van der Waals surface area contributed by atoms with Crippen LogP contribution in [-0.2, 0) is 4.79 Å². The maximum Gasteiger partial charge on any atom is 0.306 e. The summed E-state index contributed by atoms with van der Waals surface area (Å²) in [5.74, 6) is -0.683. The summed E-state index contributed by atoms with van der Waals surface area (Å²) >= 11 is 1.44. The van der Waals surface area contributed by atoms with Gasteiger partial charge in [0.15, 0.2) is 6.29 Å². The van der Waals surface area contributed by atoms with Gasteiger partial charge < -0.3 is 9.84 Å². The molecule has 1 aliphatic rings. The van der Waals surface area contributed by atoms with Gasteiger partial charge in [0.1, 0.15) is 11.8 Å². The fraction of sp³-hybridized carbons (Fsp3) is 0.412. The van der Waals surface area contributed by atoms with E-state index in [4.69, 9.17) is 9.84 Å². The Morgan fingerprint density at radius 2 is 2.29 bits per heavy atom. The zero-order valence-corrected chi connectivity index (χ0v) is 14.1. The fourth-order valence-electron chi connectivity index (χ4n) is 2.95. The number of aldehydes is 1. The lowest BCUT2D eigenvalue weighted by molar-refractivity contribution is -0.143. The molecule has 1 saturated carbocycles. The maximum absolute atomic E-state index is 11.1. The summed E-state index contributed by atoms with van der Waals surface area (Å²) in [6.07, 6.45) is 5.12. The Balaban J connectivity index is 1.76. The number of hydrogen-bond donors (Lipinski definition) is 1. The van der Waals surface area contributed by atoms with E-state index < -0.39 is 5.97 Å². The quantitative estimate of drug-likeness (QED) is 0.835. The van der Waals surface area contributed by atoms with E-state index in [0.717, 1.165) is 24.0 Å². The fourth-order valence-corrected chi connectivity index (χ4v) is 3.77. The van der Waals surface area contributed by atoms with Gasteiger partial charge in [0, 0.05) is 5.56 Å². The third kappa shape index (κ3) is 3.46. The number of ether oxygens (including phenoxy) is 1. The minimum absolute atomic E-state index is 0.147. The Labute approximate surface area is 143 Å². The highest BCUT2D eigenvalue weighted by Gasteiger charge is 2.28. The summed E-state index contributed by atoms with van der Waals surface area (Å²) in [6, 6.07) is 1.75. The molecule has 0 amide bonds. The molecule has 0 unspecified atom stereocenters. The number of aryl methyl sites for hydroxylation is 1. The zero-order valence-electron chi connectivity index (χ0n) is 13.3. The number of aliphatic carboxylic acids is 1. The molecule has 7 heteroatoms. The van der Waals surface area contributed by atoms with E-state index in [9.17, 15) is 9.59 Å². The molecule has 2 aromatic rings. The van der Waals surface area contributed by atoms with Crippen LogP contribution in [0.25, 0.3) is 10.6 Å². The van der Waals surface area contributed by atoms with Gasteiger partial charge in [0.05, 0.1) is 22.7 Å². The molecule has 0 aliphatic heterocycles. The summed E-state index contributed by atoms with van der Waals surface area (Å²) in [5.41, 5.74) is 1.87. The van der Waals surface area contributed by atoms with Gasteiger partial charge in [0.2, 0.25) is 5.88 Å².